The number of ether oxygens (including phenoxy) is 1. The highest BCUT2D eigenvalue weighted by Gasteiger charge is 2.21. The van der Waals surface area contributed by atoms with Gasteiger partial charge in [-0.05, 0) is 36.4 Å². The van der Waals surface area contributed by atoms with Crippen LogP contribution in [0.2, 0.25) is 5.02 Å². The average Bonchev–Trinajstić information content (AvgIpc) is 2.62. The van der Waals surface area contributed by atoms with Crippen LogP contribution in [0.5, 0.6) is 0 Å². The van der Waals surface area contributed by atoms with Crippen molar-refractivity contribution in [2.75, 3.05) is 11.9 Å². The lowest BCUT2D eigenvalue weighted by Gasteiger charge is -2.17. The fourth-order valence-electron chi connectivity index (χ4n) is 2.03. The van der Waals surface area contributed by atoms with Crippen molar-refractivity contribution >= 4 is 34.9 Å². The number of amides is 1. The van der Waals surface area contributed by atoms with E-state index in [0.29, 0.717) is 17.8 Å². The van der Waals surface area contributed by atoms with Crippen LogP contribution in [0.25, 0.3) is 0 Å². The van der Waals surface area contributed by atoms with E-state index in [0.717, 1.165) is 0 Å². The van der Waals surface area contributed by atoms with Crippen LogP contribution in [-0.2, 0) is 9.53 Å². The molecule has 2 aromatic carbocycles. The first-order valence-corrected chi connectivity index (χ1v) is 8.63. The molecular weight excluding hydrogens is 392 g/mol. The molecule has 1 N–H and O–H groups in total. The molecule has 28 heavy (non-hydrogen) atoms. The van der Waals surface area contributed by atoms with Crippen LogP contribution in [0.3, 0.4) is 0 Å². The molecule has 0 saturated carbocycles. The van der Waals surface area contributed by atoms with Gasteiger partial charge in [-0.2, -0.15) is 0 Å². The van der Waals surface area contributed by atoms with Crippen LogP contribution in [0, 0.1) is 17.0 Å². The number of anilines is 1. The minimum absolute atomic E-state index is 0.177. The van der Waals surface area contributed by atoms with E-state index in [1.807, 2.05) is 0 Å². The molecule has 0 saturated heterocycles. The monoisotopic (exact) mass is 409 g/mol. The Bertz CT molecular complexity index is 921. The highest BCUT2D eigenvalue weighted by molar-refractivity contribution is 6.33. The van der Waals surface area contributed by atoms with Crippen LogP contribution in [0.4, 0.5) is 14.5 Å². The van der Waals surface area contributed by atoms with Crippen molar-refractivity contribution in [1.82, 2.24) is 0 Å². The molecule has 0 aliphatic rings. The molecule has 2 aromatic rings. The van der Waals surface area contributed by atoms with Gasteiger partial charge in [0.1, 0.15) is 0 Å². The second-order valence-electron chi connectivity index (χ2n) is 7.03. The topological polar surface area (TPSA) is 72.5 Å². The third-order valence-electron chi connectivity index (χ3n) is 3.71. The van der Waals surface area contributed by atoms with Gasteiger partial charge in [0.15, 0.2) is 24.0 Å². The van der Waals surface area contributed by atoms with Crippen molar-refractivity contribution in [3.05, 3.63) is 64.2 Å². The zero-order valence-electron chi connectivity index (χ0n) is 15.4. The molecule has 0 unspecified atom stereocenters. The molecule has 0 aliphatic heterocycles. The van der Waals surface area contributed by atoms with Gasteiger partial charge in [-0.15, -0.1) is 0 Å². The SMILES string of the molecule is CC(C)(C)C(=O)Nc1ccc(C(=O)COC(=O)c2cc(F)c(F)cc2Cl)cc1. The Morgan fingerprint density at radius 2 is 1.61 bits per heavy atom. The predicted octanol–water partition coefficient (Wildman–Crippen LogP) is 4.64. The number of Topliss-reactive ketones (excluding diaryl/α,β-unsaturated/α-hetero) is 1. The Kier molecular flexibility index (Phi) is 6.51. The Balaban J connectivity index is 1.99. The molecule has 0 atom stereocenters. The van der Waals surface area contributed by atoms with Gasteiger partial charge in [-0.1, -0.05) is 32.4 Å². The highest BCUT2D eigenvalue weighted by atomic mass is 35.5. The van der Waals surface area contributed by atoms with E-state index in [9.17, 15) is 23.2 Å². The minimum atomic E-state index is -1.25. The Morgan fingerprint density at radius 3 is 2.18 bits per heavy atom. The third kappa shape index (κ3) is 5.36. The van der Waals surface area contributed by atoms with E-state index in [4.69, 9.17) is 16.3 Å². The number of carbonyl (C=O) groups is 3. The normalized spacial score (nSPS) is 11.1. The molecule has 8 heteroatoms. The van der Waals surface area contributed by atoms with Gasteiger partial charge < -0.3 is 10.1 Å². The summed E-state index contributed by atoms with van der Waals surface area (Å²) < 4.78 is 31.1. The quantitative estimate of drug-likeness (QED) is 0.443. The number of nitrogens with one attached hydrogen (secondary N) is 1. The first-order valence-electron chi connectivity index (χ1n) is 8.25. The second-order valence-corrected chi connectivity index (χ2v) is 7.43. The van der Waals surface area contributed by atoms with Crippen LogP contribution in [0.15, 0.2) is 36.4 Å². The summed E-state index contributed by atoms with van der Waals surface area (Å²) in [6.07, 6.45) is 0. The summed E-state index contributed by atoms with van der Waals surface area (Å²) in [6, 6.07) is 7.30. The summed E-state index contributed by atoms with van der Waals surface area (Å²) in [5.74, 6) is -4.19. The summed E-state index contributed by atoms with van der Waals surface area (Å²) in [5, 5.41) is 2.40. The maximum atomic E-state index is 13.2. The van der Waals surface area contributed by atoms with Crippen molar-refractivity contribution in [2.24, 2.45) is 5.41 Å². The number of carbonyl (C=O) groups excluding carboxylic acids is 3. The Labute approximate surface area is 165 Å². The van der Waals surface area contributed by atoms with Gasteiger partial charge in [0.05, 0.1) is 10.6 Å². The lowest BCUT2D eigenvalue weighted by Crippen LogP contribution is -2.27. The first-order chi connectivity index (χ1) is 13.0. The molecule has 0 spiro atoms. The molecule has 0 heterocycles. The number of halogens is 3. The molecule has 0 radical (unpaired) electrons. The maximum Gasteiger partial charge on any atom is 0.340 e. The van der Waals surface area contributed by atoms with Crippen LogP contribution < -0.4 is 5.32 Å². The van der Waals surface area contributed by atoms with Gasteiger partial charge in [0, 0.05) is 16.7 Å². The van der Waals surface area contributed by atoms with Crippen LogP contribution in [-0.4, -0.2) is 24.3 Å². The molecule has 0 bridgehead atoms. The summed E-state index contributed by atoms with van der Waals surface area (Å²) in [7, 11) is 0. The van der Waals surface area contributed by atoms with Crippen LogP contribution >= 0.6 is 11.6 Å². The molecule has 0 fully saturated rings. The van der Waals surface area contributed by atoms with E-state index in [2.05, 4.69) is 5.32 Å². The summed E-state index contributed by atoms with van der Waals surface area (Å²) >= 11 is 5.69. The number of rotatable bonds is 5. The average molecular weight is 410 g/mol. The number of esters is 1. The van der Waals surface area contributed by atoms with Gasteiger partial charge in [-0.3, -0.25) is 9.59 Å². The maximum absolute atomic E-state index is 13.2. The number of ketones is 1. The Morgan fingerprint density at radius 1 is 1.04 bits per heavy atom. The van der Waals surface area contributed by atoms with Crippen molar-refractivity contribution in [3.63, 3.8) is 0 Å². The van der Waals surface area contributed by atoms with E-state index in [1.165, 1.54) is 12.1 Å². The van der Waals surface area contributed by atoms with Crippen molar-refractivity contribution in [2.45, 2.75) is 20.8 Å². The molecule has 5 nitrogen and oxygen atoms in total. The Hall–Kier alpha value is -2.80. The largest absolute Gasteiger partial charge is 0.454 e. The van der Waals surface area contributed by atoms with E-state index < -0.39 is 35.4 Å². The standard InChI is InChI=1S/C20H18ClF2NO4/c1-20(2,3)19(27)24-12-6-4-11(5-7-12)17(25)10-28-18(26)13-8-15(22)16(23)9-14(13)21/h4-9H,10H2,1-3H3,(H,24,27). The summed E-state index contributed by atoms with van der Waals surface area (Å²) in [6.45, 7) is 4.71. The van der Waals surface area contributed by atoms with E-state index >= 15 is 0 Å². The lowest BCUT2D eigenvalue weighted by molar-refractivity contribution is -0.123. The van der Waals surface area contributed by atoms with E-state index in [-0.39, 0.29) is 22.1 Å². The number of benzene rings is 2. The lowest BCUT2D eigenvalue weighted by atomic mass is 9.95. The van der Waals surface area contributed by atoms with Gasteiger partial charge >= 0.3 is 5.97 Å². The number of hydrogen-bond acceptors (Lipinski definition) is 4. The predicted molar refractivity (Wildman–Crippen MR) is 101 cm³/mol. The molecule has 0 aromatic heterocycles. The van der Waals surface area contributed by atoms with Crippen molar-refractivity contribution in [1.29, 1.82) is 0 Å². The molecule has 1 amide bonds. The van der Waals surface area contributed by atoms with Crippen LogP contribution in [0.1, 0.15) is 41.5 Å². The molecule has 148 valence electrons. The highest BCUT2D eigenvalue weighted by Crippen LogP contribution is 2.21. The first kappa shape index (κ1) is 21.5. The van der Waals surface area contributed by atoms with Gasteiger partial charge in [-0.25, -0.2) is 13.6 Å². The van der Waals surface area contributed by atoms with E-state index in [1.54, 1.807) is 32.9 Å². The number of hydrogen-bond donors (Lipinski definition) is 1. The summed E-state index contributed by atoms with van der Waals surface area (Å²) in [4.78, 5) is 36.0. The van der Waals surface area contributed by atoms with Crippen molar-refractivity contribution in [3.8, 4) is 0 Å². The fourth-order valence-corrected chi connectivity index (χ4v) is 2.26. The van der Waals surface area contributed by atoms with Gasteiger partial charge in [0.2, 0.25) is 5.91 Å². The zero-order valence-corrected chi connectivity index (χ0v) is 16.2. The zero-order chi connectivity index (χ0) is 21.1. The second kappa shape index (κ2) is 8.48. The summed E-state index contributed by atoms with van der Waals surface area (Å²) in [5.41, 5.74) is -0.183. The smallest absolute Gasteiger partial charge is 0.340 e. The molecule has 2 rings (SSSR count). The van der Waals surface area contributed by atoms with Crippen molar-refractivity contribution < 1.29 is 27.9 Å². The molecule has 0 aliphatic carbocycles. The minimum Gasteiger partial charge on any atom is -0.454 e. The van der Waals surface area contributed by atoms with Gasteiger partial charge in [0.25, 0.3) is 0 Å². The molecular formula is C20H18ClF2NO4. The fraction of sp³-hybridized carbons (Fsp3) is 0.250. The third-order valence-corrected chi connectivity index (χ3v) is 4.02.